The van der Waals surface area contributed by atoms with E-state index in [0.717, 1.165) is 35.9 Å². The number of nitrogens with zero attached hydrogens (tertiary/aromatic N) is 2. The van der Waals surface area contributed by atoms with Gasteiger partial charge in [-0.3, -0.25) is 9.79 Å². The fourth-order valence-electron chi connectivity index (χ4n) is 2.38. The third-order valence-electron chi connectivity index (χ3n) is 3.79. The molecule has 26 heavy (non-hydrogen) atoms. The fourth-order valence-corrected chi connectivity index (χ4v) is 3.24. The maximum absolute atomic E-state index is 12.1. The second-order valence-corrected chi connectivity index (χ2v) is 7.07. The molecule has 6 nitrogen and oxygen atoms in total. The number of benzene rings is 1. The Morgan fingerprint density at radius 1 is 1.19 bits per heavy atom. The average molecular weight is 374 g/mol. The van der Waals surface area contributed by atoms with Gasteiger partial charge in [0.25, 0.3) is 5.91 Å². The van der Waals surface area contributed by atoms with Crippen molar-refractivity contribution >= 4 is 23.2 Å². The van der Waals surface area contributed by atoms with Gasteiger partial charge in [0, 0.05) is 49.7 Å². The van der Waals surface area contributed by atoms with Gasteiger partial charge in [-0.25, -0.2) is 4.98 Å². The lowest BCUT2D eigenvalue weighted by molar-refractivity contribution is 0.0954. The van der Waals surface area contributed by atoms with Crippen LogP contribution in [0, 0.1) is 6.92 Å². The summed E-state index contributed by atoms with van der Waals surface area (Å²) in [7, 11) is 1.74. The van der Waals surface area contributed by atoms with Gasteiger partial charge in [0.1, 0.15) is 0 Å². The molecule has 2 aromatic rings. The average Bonchev–Trinajstić information content (AvgIpc) is 3.11. The monoisotopic (exact) mass is 373 g/mol. The van der Waals surface area contributed by atoms with Crippen molar-refractivity contribution in [3.8, 4) is 0 Å². The number of hydrogen-bond donors (Lipinski definition) is 3. The lowest BCUT2D eigenvalue weighted by Gasteiger charge is -2.12. The molecule has 1 aromatic heterocycles. The highest BCUT2D eigenvalue weighted by Gasteiger charge is 2.05. The van der Waals surface area contributed by atoms with Crippen LogP contribution in [0.2, 0.25) is 0 Å². The zero-order valence-corrected chi connectivity index (χ0v) is 16.4. The first-order valence-corrected chi connectivity index (χ1v) is 9.67. The quantitative estimate of drug-likeness (QED) is 0.376. The van der Waals surface area contributed by atoms with Crippen molar-refractivity contribution in [2.24, 2.45) is 4.99 Å². The first kappa shape index (κ1) is 19.9. The van der Waals surface area contributed by atoms with Crippen molar-refractivity contribution in [1.29, 1.82) is 0 Å². The number of rotatable bonds is 8. The molecule has 1 heterocycles. The highest BCUT2D eigenvalue weighted by molar-refractivity contribution is 7.11. The summed E-state index contributed by atoms with van der Waals surface area (Å²) in [5.41, 5.74) is 1.76. The first-order valence-electron chi connectivity index (χ1n) is 8.85. The first-order chi connectivity index (χ1) is 12.6. The van der Waals surface area contributed by atoms with Gasteiger partial charge in [0.2, 0.25) is 0 Å². The number of thiazole rings is 1. The SMILES string of the molecule is CCc1cnc(CCNC(=NC)NCCNC(=O)c2cccc(C)c2)s1. The van der Waals surface area contributed by atoms with Crippen molar-refractivity contribution in [3.05, 3.63) is 51.5 Å². The molecule has 0 saturated carbocycles. The van der Waals surface area contributed by atoms with Gasteiger partial charge in [0.15, 0.2) is 5.96 Å². The highest BCUT2D eigenvalue weighted by atomic mass is 32.1. The standard InChI is InChI=1S/C19H27N5OS/c1-4-16-13-24-17(26-16)8-9-22-19(20-3)23-11-10-21-18(25)15-7-5-6-14(2)12-15/h5-7,12-13H,4,8-11H2,1-3H3,(H,21,25)(H2,20,22,23). The number of aryl methyl sites for hydroxylation is 2. The van der Waals surface area contributed by atoms with Crippen molar-refractivity contribution in [2.75, 3.05) is 26.7 Å². The van der Waals surface area contributed by atoms with Crippen molar-refractivity contribution in [3.63, 3.8) is 0 Å². The fraction of sp³-hybridized carbons (Fsp3) is 0.421. The van der Waals surface area contributed by atoms with Crippen LogP contribution in [0.5, 0.6) is 0 Å². The molecule has 0 spiro atoms. The summed E-state index contributed by atoms with van der Waals surface area (Å²) in [6.45, 7) is 6.02. The van der Waals surface area contributed by atoms with E-state index in [1.54, 1.807) is 18.4 Å². The molecule has 7 heteroatoms. The molecule has 0 radical (unpaired) electrons. The van der Waals surface area contributed by atoms with E-state index in [1.165, 1.54) is 4.88 Å². The van der Waals surface area contributed by atoms with Gasteiger partial charge >= 0.3 is 0 Å². The number of aromatic nitrogens is 1. The Morgan fingerprint density at radius 3 is 2.65 bits per heavy atom. The maximum Gasteiger partial charge on any atom is 0.251 e. The minimum Gasteiger partial charge on any atom is -0.356 e. The zero-order valence-electron chi connectivity index (χ0n) is 15.6. The molecule has 1 amide bonds. The van der Waals surface area contributed by atoms with E-state index >= 15 is 0 Å². The second kappa shape index (κ2) is 10.6. The van der Waals surface area contributed by atoms with E-state index < -0.39 is 0 Å². The molecule has 2 rings (SSSR count). The predicted molar refractivity (Wildman–Crippen MR) is 108 cm³/mol. The number of carbonyl (C=O) groups is 1. The van der Waals surface area contributed by atoms with Crippen molar-refractivity contribution in [1.82, 2.24) is 20.9 Å². The van der Waals surface area contributed by atoms with Crippen LogP contribution in [0.15, 0.2) is 35.5 Å². The molecular weight excluding hydrogens is 346 g/mol. The summed E-state index contributed by atoms with van der Waals surface area (Å²) in [5.74, 6) is 0.663. The van der Waals surface area contributed by atoms with E-state index in [2.05, 4.69) is 32.9 Å². The molecule has 140 valence electrons. The van der Waals surface area contributed by atoms with Crippen LogP contribution in [0.1, 0.15) is 32.7 Å². The predicted octanol–water partition coefficient (Wildman–Crippen LogP) is 2.15. The normalized spacial score (nSPS) is 11.3. The Bertz CT molecular complexity index is 741. The van der Waals surface area contributed by atoms with E-state index in [4.69, 9.17) is 0 Å². The molecule has 0 aliphatic heterocycles. The van der Waals surface area contributed by atoms with Crippen LogP contribution >= 0.6 is 11.3 Å². The minimum absolute atomic E-state index is 0.0612. The number of guanidine groups is 1. The highest BCUT2D eigenvalue weighted by Crippen LogP contribution is 2.13. The van der Waals surface area contributed by atoms with Crippen molar-refractivity contribution < 1.29 is 4.79 Å². The Hall–Kier alpha value is -2.41. The topological polar surface area (TPSA) is 78.4 Å². The molecule has 0 aliphatic carbocycles. The summed E-state index contributed by atoms with van der Waals surface area (Å²) in [4.78, 5) is 22.0. The Morgan fingerprint density at radius 2 is 1.96 bits per heavy atom. The van der Waals surface area contributed by atoms with Gasteiger partial charge in [-0.2, -0.15) is 0 Å². The van der Waals surface area contributed by atoms with Gasteiger partial charge in [-0.1, -0.05) is 24.6 Å². The molecule has 0 fully saturated rings. The van der Waals surface area contributed by atoms with Gasteiger partial charge < -0.3 is 16.0 Å². The molecule has 3 N–H and O–H groups in total. The molecule has 0 bridgehead atoms. The Labute approximate surface area is 159 Å². The summed E-state index contributed by atoms with van der Waals surface area (Å²) >= 11 is 1.76. The van der Waals surface area contributed by atoms with Crippen molar-refractivity contribution in [2.45, 2.75) is 26.7 Å². The van der Waals surface area contributed by atoms with Gasteiger partial charge in [-0.15, -0.1) is 11.3 Å². The summed E-state index contributed by atoms with van der Waals surface area (Å²) in [5, 5.41) is 10.5. The molecule has 0 atom stereocenters. The third-order valence-corrected chi connectivity index (χ3v) is 4.99. The van der Waals surface area contributed by atoms with E-state index in [1.807, 2.05) is 37.4 Å². The largest absolute Gasteiger partial charge is 0.356 e. The maximum atomic E-state index is 12.1. The number of nitrogens with one attached hydrogen (secondary N) is 3. The van der Waals surface area contributed by atoms with Crippen LogP contribution in [0.3, 0.4) is 0 Å². The van der Waals surface area contributed by atoms with E-state index in [0.29, 0.717) is 18.7 Å². The third kappa shape index (κ3) is 6.48. The number of aliphatic imine (C=N–C) groups is 1. The van der Waals surface area contributed by atoms with Crippen LogP contribution in [-0.4, -0.2) is 43.5 Å². The second-order valence-electron chi connectivity index (χ2n) is 5.88. The lowest BCUT2D eigenvalue weighted by Crippen LogP contribution is -2.42. The minimum atomic E-state index is -0.0612. The van der Waals surface area contributed by atoms with Crippen LogP contribution < -0.4 is 16.0 Å². The molecule has 1 aromatic carbocycles. The number of carbonyl (C=O) groups excluding carboxylic acids is 1. The molecular formula is C19H27N5OS. The summed E-state index contributed by atoms with van der Waals surface area (Å²) in [6, 6.07) is 7.56. The summed E-state index contributed by atoms with van der Waals surface area (Å²) < 4.78 is 0. The van der Waals surface area contributed by atoms with E-state index in [-0.39, 0.29) is 5.91 Å². The van der Waals surface area contributed by atoms with Crippen LogP contribution in [0.4, 0.5) is 0 Å². The lowest BCUT2D eigenvalue weighted by atomic mass is 10.1. The Balaban J connectivity index is 1.64. The smallest absolute Gasteiger partial charge is 0.251 e. The van der Waals surface area contributed by atoms with Crippen LogP contribution in [-0.2, 0) is 12.8 Å². The molecule has 0 unspecified atom stereocenters. The number of amides is 1. The van der Waals surface area contributed by atoms with Crippen LogP contribution in [0.25, 0.3) is 0 Å². The van der Waals surface area contributed by atoms with Gasteiger partial charge in [0.05, 0.1) is 5.01 Å². The Kier molecular flexibility index (Phi) is 8.08. The summed E-state index contributed by atoms with van der Waals surface area (Å²) in [6.07, 6.45) is 3.85. The van der Waals surface area contributed by atoms with Gasteiger partial charge in [-0.05, 0) is 25.5 Å². The van der Waals surface area contributed by atoms with E-state index in [9.17, 15) is 4.79 Å². The molecule has 0 aliphatic rings. The molecule has 0 saturated heterocycles. The number of hydrogen-bond acceptors (Lipinski definition) is 4. The zero-order chi connectivity index (χ0) is 18.8.